The van der Waals surface area contributed by atoms with Gasteiger partial charge < -0.3 is 9.72 Å². The highest BCUT2D eigenvalue weighted by Gasteiger charge is 2.05. The molecule has 0 amide bonds. The number of para-hydroxylation sites is 1. The van der Waals surface area contributed by atoms with Crippen LogP contribution in [0.4, 0.5) is 0 Å². The van der Waals surface area contributed by atoms with E-state index in [1.807, 2.05) is 36.4 Å². The highest BCUT2D eigenvalue weighted by Crippen LogP contribution is 2.21. The molecule has 0 atom stereocenters. The molecule has 0 aliphatic rings. The van der Waals surface area contributed by atoms with Crippen LogP contribution in [0.5, 0.6) is 0 Å². The van der Waals surface area contributed by atoms with Gasteiger partial charge in [0.2, 0.25) is 0 Å². The summed E-state index contributed by atoms with van der Waals surface area (Å²) in [7, 11) is 0. The van der Waals surface area contributed by atoms with Crippen LogP contribution in [0.2, 0.25) is 0 Å². The third kappa shape index (κ3) is 2.85. The van der Waals surface area contributed by atoms with Crippen LogP contribution in [-0.2, 0) is 18.0 Å². The minimum atomic E-state index is 0.482. The zero-order valence-electron chi connectivity index (χ0n) is 10.3. The average molecular weight is 317 g/mol. The number of H-pyrrole nitrogens is 1. The van der Waals surface area contributed by atoms with Gasteiger partial charge in [-0.25, -0.2) is 4.98 Å². The minimum Gasteiger partial charge on any atom is -0.369 e. The van der Waals surface area contributed by atoms with Crippen LogP contribution in [0.15, 0.2) is 53.0 Å². The third-order valence-corrected chi connectivity index (χ3v) is 3.50. The van der Waals surface area contributed by atoms with Crippen LogP contribution < -0.4 is 0 Å². The minimum absolute atomic E-state index is 0.482. The van der Waals surface area contributed by atoms with Crippen LogP contribution in [0.1, 0.15) is 11.4 Å². The van der Waals surface area contributed by atoms with Crippen molar-refractivity contribution in [3.05, 3.63) is 64.4 Å². The van der Waals surface area contributed by atoms with Gasteiger partial charge in [-0.3, -0.25) is 0 Å². The van der Waals surface area contributed by atoms with E-state index in [-0.39, 0.29) is 0 Å². The molecule has 3 nitrogen and oxygen atoms in total. The number of nitrogens with zero attached hydrogens (tertiary/aromatic N) is 1. The first-order chi connectivity index (χ1) is 9.33. The summed E-state index contributed by atoms with van der Waals surface area (Å²) in [6.07, 6.45) is 0. The molecule has 0 radical (unpaired) electrons. The van der Waals surface area contributed by atoms with Crippen LogP contribution in [0, 0.1) is 0 Å². The number of hydrogen-bond donors (Lipinski definition) is 1. The summed E-state index contributed by atoms with van der Waals surface area (Å²) in [4.78, 5) is 7.77. The molecule has 0 saturated carbocycles. The second kappa shape index (κ2) is 5.55. The molecule has 1 N–H and O–H groups in total. The molecule has 2 aromatic carbocycles. The summed E-state index contributed by atoms with van der Waals surface area (Å²) in [6, 6.07) is 16.1. The Balaban J connectivity index is 1.67. The summed E-state index contributed by atoms with van der Waals surface area (Å²) < 4.78 is 6.66. The number of hydrogen-bond acceptors (Lipinski definition) is 2. The second-order valence-corrected chi connectivity index (χ2v) is 5.15. The molecule has 19 heavy (non-hydrogen) atoms. The number of benzene rings is 2. The Bertz CT molecular complexity index is 679. The Labute approximate surface area is 119 Å². The van der Waals surface area contributed by atoms with Gasteiger partial charge in [0.05, 0.1) is 12.1 Å². The van der Waals surface area contributed by atoms with Gasteiger partial charge in [0.15, 0.2) is 0 Å². The van der Waals surface area contributed by atoms with Gasteiger partial charge >= 0.3 is 0 Å². The monoisotopic (exact) mass is 316 g/mol. The van der Waals surface area contributed by atoms with Crippen LogP contribution >= 0.6 is 15.9 Å². The predicted molar refractivity (Wildman–Crippen MR) is 78.7 cm³/mol. The molecule has 0 unspecified atom stereocenters. The smallest absolute Gasteiger partial charge is 0.133 e. The van der Waals surface area contributed by atoms with Crippen molar-refractivity contribution in [3.63, 3.8) is 0 Å². The topological polar surface area (TPSA) is 37.9 Å². The Morgan fingerprint density at radius 2 is 1.84 bits per heavy atom. The average Bonchev–Trinajstić information content (AvgIpc) is 2.84. The van der Waals surface area contributed by atoms with Crippen molar-refractivity contribution in [3.8, 4) is 0 Å². The lowest BCUT2D eigenvalue weighted by molar-refractivity contribution is 0.102. The van der Waals surface area contributed by atoms with E-state index in [9.17, 15) is 0 Å². The zero-order chi connectivity index (χ0) is 13.1. The second-order valence-electron chi connectivity index (χ2n) is 4.30. The maximum atomic E-state index is 5.67. The standard InChI is InChI=1S/C15H13BrN2O/c16-12-7-4-8-13-15(12)18-14(17-13)10-19-9-11-5-2-1-3-6-11/h1-8H,9-10H2,(H,17,18). The van der Waals surface area contributed by atoms with Crippen molar-refractivity contribution in [1.29, 1.82) is 0 Å². The summed E-state index contributed by atoms with van der Waals surface area (Å²) in [5.41, 5.74) is 3.13. The fraction of sp³-hybridized carbons (Fsp3) is 0.133. The number of rotatable bonds is 4. The molecule has 3 aromatic rings. The lowest BCUT2D eigenvalue weighted by Crippen LogP contribution is -1.95. The zero-order valence-corrected chi connectivity index (χ0v) is 11.9. The lowest BCUT2D eigenvalue weighted by Gasteiger charge is -2.01. The lowest BCUT2D eigenvalue weighted by atomic mass is 10.2. The summed E-state index contributed by atoms with van der Waals surface area (Å²) >= 11 is 3.49. The van der Waals surface area contributed by atoms with Crippen LogP contribution in [0.25, 0.3) is 11.0 Å². The first-order valence-corrected chi connectivity index (χ1v) is 6.87. The van der Waals surface area contributed by atoms with Gasteiger partial charge in [0.25, 0.3) is 0 Å². The maximum absolute atomic E-state index is 5.67. The summed E-state index contributed by atoms with van der Waals surface area (Å²) in [5.74, 6) is 0.845. The highest BCUT2D eigenvalue weighted by molar-refractivity contribution is 9.10. The molecule has 0 saturated heterocycles. The number of ether oxygens (including phenoxy) is 1. The van der Waals surface area contributed by atoms with Crippen molar-refractivity contribution >= 4 is 27.0 Å². The van der Waals surface area contributed by atoms with Crippen molar-refractivity contribution in [2.45, 2.75) is 13.2 Å². The van der Waals surface area contributed by atoms with E-state index in [2.05, 4.69) is 38.0 Å². The number of halogens is 1. The Hall–Kier alpha value is -1.65. The number of nitrogens with one attached hydrogen (secondary N) is 1. The Morgan fingerprint density at radius 1 is 1.00 bits per heavy atom. The molecule has 0 aliphatic carbocycles. The summed E-state index contributed by atoms with van der Waals surface area (Å²) in [5, 5.41) is 0. The number of aromatic nitrogens is 2. The van der Waals surface area contributed by atoms with Crippen molar-refractivity contribution in [2.24, 2.45) is 0 Å². The molecule has 1 heterocycles. The molecule has 0 spiro atoms. The quantitative estimate of drug-likeness (QED) is 0.788. The van der Waals surface area contributed by atoms with E-state index in [0.29, 0.717) is 13.2 Å². The van der Waals surface area contributed by atoms with E-state index in [4.69, 9.17) is 4.74 Å². The van der Waals surface area contributed by atoms with Gasteiger partial charge in [-0.2, -0.15) is 0 Å². The van der Waals surface area contributed by atoms with Gasteiger partial charge in [0, 0.05) is 4.47 Å². The predicted octanol–water partition coefficient (Wildman–Crippen LogP) is 4.04. The highest BCUT2D eigenvalue weighted by atomic mass is 79.9. The van der Waals surface area contributed by atoms with Gasteiger partial charge in [-0.1, -0.05) is 36.4 Å². The fourth-order valence-electron chi connectivity index (χ4n) is 1.96. The maximum Gasteiger partial charge on any atom is 0.133 e. The molecular formula is C15H13BrN2O. The fourth-order valence-corrected chi connectivity index (χ4v) is 2.41. The molecule has 1 aromatic heterocycles. The molecule has 0 bridgehead atoms. The molecule has 96 valence electrons. The SMILES string of the molecule is Brc1cccc2[nH]c(COCc3ccccc3)nc12. The Kier molecular flexibility index (Phi) is 3.62. The first kappa shape index (κ1) is 12.4. The van der Waals surface area contributed by atoms with Gasteiger partial charge in [-0.15, -0.1) is 0 Å². The Morgan fingerprint density at radius 3 is 2.63 bits per heavy atom. The molecule has 0 fully saturated rings. The first-order valence-electron chi connectivity index (χ1n) is 6.08. The molecule has 4 heteroatoms. The number of fused-ring (bicyclic) bond motifs is 1. The van der Waals surface area contributed by atoms with Crippen LogP contribution in [-0.4, -0.2) is 9.97 Å². The summed E-state index contributed by atoms with van der Waals surface area (Å²) in [6.45, 7) is 1.08. The van der Waals surface area contributed by atoms with Gasteiger partial charge in [-0.05, 0) is 33.6 Å². The van der Waals surface area contributed by atoms with Crippen molar-refractivity contribution < 1.29 is 4.74 Å². The van der Waals surface area contributed by atoms with Crippen molar-refractivity contribution in [2.75, 3.05) is 0 Å². The van der Waals surface area contributed by atoms with E-state index >= 15 is 0 Å². The number of imidazole rings is 1. The van der Waals surface area contributed by atoms with E-state index in [0.717, 1.165) is 21.3 Å². The van der Waals surface area contributed by atoms with E-state index in [1.54, 1.807) is 0 Å². The van der Waals surface area contributed by atoms with E-state index in [1.165, 1.54) is 5.56 Å². The molecule has 3 rings (SSSR count). The van der Waals surface area contributed by atoms with Gasteiger partial charge in [0.1, 0.15) is 17.9 Å². The third-order valence-electron chi connectivity index (χ3n) is 2.86. The largest absolute Gasteiger partial charge is 0.369 e. The number of aromatic amines is 1. The normalized spacial score (nSPS) is 11.0. The van der Waals surface area contributed by atoms with Crippen molar-refractivity contribution in [1.82, 2.24) is 9.97 Å². The van der Waals surface area contributed by atoms with Crippen LogP contribution in [0.3, 0.4) is 0 Å². The van der Waals surface area contributed by atoms with E-state index < -0.39 is 0 Å². The molecular weight excluding hydrogens is 304 g/mol. The molecule has 0 aliphatic heterocycles.